The summed E-state index contributed by atoms with van der Waals surface area (Å²) in [6.07, 6.45) is 0. The highest BCUT2D eigenvalue weighted by Crippen LogP contribution is 2.18. The summed E-state index contributed by atoms with van der Waals surface area (Å²) < 4.78 is 0. The molecule has 70 valence electrons. The molecule has 4 heteroatoms. The molecule has 0 aromatic heterocycles. The molecular formula is C9H12N2O2. The molecule has 0 spiro atoms. The number of carbonyl (C=O) groups is 1. The highest BCUT2D eigenvalue weighted by atomic mass is 16.4. The first-order chi connectivity index (χ1) is 6.17. The Morgan fingerprint density at radius 2 is 1.62 bits per heavy atom. The number of carboxylic acids is 1. The van der Waals surface area contributed by atoms with Crippen LogP contribution in [-0.4, -0.2) is 25.2 Å². The molecule has 0 fully saturated rings. The van der Waals surface area contributed by atoms with Crippen molar-refractivity contribution in [3.8, 4) is 0 Å². The van der Waals surface area contributed by atoms with Gasteiger partial charge in [-0.2, -0.15) is 0 Å². The molecule has 0 atom stereocenters. The first-order valence-electron chi connectivity index (χ1n) is 3.91. The van der Waals surface area contributed by atoms with E-state index in [0.717, 1.165) is 11.4 Å². The van der Waals surface area contributed by atoms with Gasteiger partial charge in [-0.15, -0.1) is 0 Å². The average molecular weight is 180 g/mol. The minimum Gasteiger partial charge on any atom is -0.478 e. The lowest BCUT2D eigenvalue weighted by atomic mass is 10.1. The van der Waals surface area contributed by atoms with Gasteiger partial charge in [0.05, 0.1) is 5.56 Å². The van der Waals surface area contributed by atoms with Crippen LogP contribution in [0.25, 0.3) is 0 Å². The van der Waals surface area contributed by atoms with Crippen LogP contribution in [0.5, 0.6) is 0 Å². The van der Waals surface area contributed by atoms with Gasteiger partial charge in [0.1, 0.15) is 0 Å². The van der Waals surface area contributed by atoms with Gasteiger partial charge in [0.15, 0.2) is 0 Å². The molecule has 0 amide bonds. The molecule has 1 aromatic rings. The Morgan fingerprint density at radius 1 is 1.15 bits per heavy atom. The van der Waals surface area contributed by atoms with Crippen molar-refractivity contribution in [2.24, 2.45) is 0 Å². The summed E-state index contributed by atoms with van der Waals surface area (Å²) in [5.74, 6) is -0.923. The molecule has 0 saturated carbocycles. The highest BCUT2D eigenvalue weighted by molar-refractivity contribution is 5.90. The number of hydrogen-bond acceptors (Lipinski definition) is 3. The van der Waals surface area contributed by atoms with E-state index < -0.39 is 5.97 Å². The molecule has 1 rings (SSSR count). The van der Waals surface area contributed by atoms with Gasteiger partial charge in [-0.1, -0.05) is 0 Å². The lowest BCUT2D eigenvalue weighted by Gasteiger charge is -2.06. The second kappa shape index (κ2) is 3.80. The Hall–Kier alpha value is -1.71. The van der Waals surface area contributed by atoms with Crippen LogP contribution >= 0.6 is 0 Å². The average Bonchev–Trinajstić information content (AvgIpc) is 2.16. The Labute approximate surface area is 76.6 Å². The van der Waals surface area contributed by atoms with E-state index in [9.17, 15) is 4.79 Å². The summed E-state index contributed by atoms with van der Waals surface area (Å²) in [4.78, 5) is 10.7. The van der Waals surface area contributed by atoms with Crippen molar-refractivity contribution < 1.29 is 9.90 Å². The number of rotatable bonds is 3. The molecule has 13 heavy (non-hydrogen) atoms. The third-order valence-electron chi connectivity index (χ3n) is 1.76. The van der Waals surface area contributed by atoms with Crippen LogP contribution in [0, 0.1) is 0 Å². The zero-order chi connectivity index (χ0) is 9.84. The molecule has 0 radical (unpaired) electrons. The quantitative estimate of drug-likeness (QED) is 0.659. The van der Waals surface area contributed by atoms with Crippen molar-refractivity contribution in [1.82, 2.24) is 0 Å². The van der Waals surface area contributed by atoms with Crippen molar-refractivity contribution in [1.29, 1.82) is 0 Å². The summed E-state index contributed by atoms with van der Waals surface area (Å²) in [5, 5.41) is 14.6. The molecule has 0 saturated heterocycles. The Bertz CT molecular complexity index is 301. The number of hydrogen-bond donors (Lipinski definition) is 3. The van der Waals surface area contributed by atoms with Gasteiger partial charge < -0.3 is 15.7 Å². The first-order valence-corrected chi connectivity index (χ1v) is 3.91. The molecule has 0 bridgehead atoms. The number of anilines is 2. The van der Waals surface area contributed by atoms with E-state index in [4.69, 9.17) is 5.11 Å². The predicted octanol–water partition coefficient (Wildman–Crippen LogP) is 1.47. The first kappa shape index (κ1) is 9.38. The smallest absolute Gasteiger partial charge is 0.335 e. The van der Waals surface area contributed by atoms with E-state index in [1.165, 1.54) is 0 Å². The number of aromatic carboxylic acids is 1. The van der Waals surface area contributed by atoms with Crippen molar-refractivity contribution in [3.05, 3.63) is 23.8 Å². The van der Waals surface area contributed by atoms with E-state index in [1.807, 2.05) is 6.07 Å². The molecular weight excluding hydrogens is 168 g/mol. The van der Waals surface area contributed by atoms with Crippen LogP contribution in [0.1, 0.15) is 10.4 Å². The molecule has 1 aromatic carbocycles. The third kappa shape index (κ3) is 2.11. The largest absolute Gasteiger partial charge is 0.478 e. The van der Waals surface area contributed by atoms with Gasteiger partial charge in [-0.25, -0.2) is 4.79 Å². The van der Waals surface area contributed by atoms with Crippen molar-refractivity contribution in [2.45, 2.75) is 0 Å². The lowest BCUT2D eigenvalue weighted by Crippen LogP contribution is -2.00. The molecule has 0 aliphatic rings. The summed E-state index contributed by atoms with van der Waals surface area (Å²) in [7, 11) is 3.50. The highest BCUT2D eigenvalue weighted by Gasteiger charge is 2.05. The maximum absolute atomic E-state index is 10.7. The van der Waals surface area contributed by atoms with Crippen LogP contribution < -0.4 is 10.6 Å². The van der Waals surface area contributed by atoms with E-state index in [0.29, 0.717) is 0 Å². The molecule has 0 heterocycles. The van der Waals surface area contributed by atoms with E-state index >= 15 is 0 Å². The molecule has 3 N–H and O–H groups in total. The third-order valence-corrected chi connectivity index (χ3v) is 1.76. The second-order valence-electron chi connectivity index (χ2n) is 2.60. The molecule has 0 aliphatic carbocycles. The fourth-order valence-corrected chi connectivity index (χ4v) is 1.04. The lowest BCUT2D eigenvalue weighted by molar-refractivity contribution is 0.0697. The van der Waals surface area contributed by atoms with Crippen LogP contribution in [0.2, 0.25) is 0 Å². The van der Waals surface area contributed by atoms with Gasteiger partial charge in [0.25, 0.3) is 0 Å². The number of nitrogens with one attached hydrogen (secondary N) is 2. The number of carboxylic acid groups (broad SMARTS) is 1. The Balaban J connectivity index is 3.14. The second-order valence-corrected chi connectivity index (χ2v) is 2.60. The summed E-state index contributed by atoms with van der Waals surface area (Å²) in [5.41, 5.74) is 1.84. The zero-order valence-electron chi connectivity index (χ0n) is 7.59. The standard InChI is InChI=1S/C9H12N2O2/c1-10-7-3-6(9(12)13)4-8(5-7)11-2/h3-5,10-11H,1-2H3,(H,12,13). The van der Waals surface area contributed by atoms with Crippen molar-refractivity contribution >= 4 is 17.3 Å². The number of benzene rings is 1. The molecule has 4 nitrogen and oxygen atoms in total. The van der Waals surface area contributed by atoms with Gasteiger partial charge in [-0.3, -0.25) is 0 Å². The van der Waals surface area contributed by atoms with E-state index in [2.05, 4.69) is 10.6 Å². The van der Waals surface area contributed by atoms with Crippen LogP contribution in [-0.2, 0) is 0 Å². The molecule has 0 aliphatic heterocycles. The van der Waals surface area contributed by atoms with E-state index in [-0.39, 0.29) is 5.56 Å². The van der Waals surface area contributed by atoms with E-state index in [1.54, 1.807) is 26.2 Å². The minimum atomic E-state index is -0.923. The maximum Gasteiger partial charge on any atom is 0.335 e. The van der Waals surface area contributed by atoms with Gasteiger partial charge in [0.2, 0.25) is 0 Å². The van der Waals surface area contributed by atoms with Crippen LogP contribution in [0.15, 0.2) is 18.2 Å². The van der Waals surface area contributed by atoms with Gasteiger partial charge in [-0.05, 0) is 18.2 Å². The van der Waals surface area contributed by atoms with Crippen LogP contribution in [0.3, 0.4) is 0 Å². The van der Waals surface area contributed by atoms with Gasteiger partial charge >= 0.3 is 5.97 Å². The predicted molar refractivity (Wildman–Crippen MR) is 52.5 cm³/mol. The Morgan fingerprint density at radius 3 is 1.92 bits per heavy atom. The zero-order valence-corrected chi connectivity index (χ0v) is 7.59. The van der Waals surface area contributed by atoms with Gasteiger partial charge in [0, 0.05) is 25.5 Å². The molecule has 0 unspecified atom stereocenters. The maximum atomic E-state index is 10.7. The minimum absolute atomic E-state index is 0.274. The summed E-state index contributed by atoms with van der Waals surface area (Å²) in [6.45, 7) is 0. The fraction of sp³-hybridized carbons (Fsp3) is 0.222. The van der Waals surface area contributed by atoms with Crippen molar-refractivity contribution in [3.63, 3.8) is 0 Å². The monoisotopic (exact) mass is 180 g/mol. The summed E-state index contributed by atoms with van der Waals surface area (Å²) in [6, 6.07) is 5.01. The SMILES string of the molecule is CNc1cc(NC)cc(C(=O)O)c1. The normalized spacial score (nSPS) is 9.38. The topological polar surface area (TPSA) is 61.4 Å². The summed E-state index contributed by atoms with van der Waals surface area (Å²) >= 11 is 0. The Kier molecular flexibility index (Phi) is 2.74. The van der Waals surface area contributed by atoms with Crippen molar-refractivity contribution in [2.75, 3.05) is 24.7 Å². The van der Waals surface area contributed by atoms with Crippen LogP contribution in [0.4, 0.5) is 11.4 Å². The fourth-order valence-electron chi connectivity index (χ4n) is 1.04.